The molecule has 2 amide bonds. The number of aliphatic carboxylic acids is 1. The molecule has 150 valence electrons. The van der Waals surface area contributed by atoms with E-state index in [0.29, 0.717) is 24.9 Å². The molecule has 4 aliphatic rings. The summed E-state index contributed by atoms with van der Waals surface area (Å²) in [5.74, 6) is -4.78. The van der Waals surface area contributed by atoms with Gasteiger partial charge in [0.1, 0.15) is 0 Å². The third-order valence-electron chi connectivity index (χ3n) is 6.59. The molecule has 0 aromatic heterocycles. The van der Waals surface area contributed by atoms with Crippen LogP contribution in [-0.4, -0.2) is 22.0 Å². The van der Waals surface area contributed by atoms with E-state index >= 15 is 0 Å². The van der Waals surface area contributed by atoms with Crippen LogP contribution in [0.15, 0.2) is 30.3 Å². The number of carboxylic acids is 1. The number of anilines is 1. The lowest BCUT2D eigenvalue weighted by atomic mass is 9.33. The van der Waals surface area contributed by atoms with E-state index in [1.165, 1.54) is 4.90 Å². The lowest BCUT2D eigenvalue weighted by Gasteiger charge is -2.68. The largest absolute Gasteiger partial charge is 0.481 e. The monoisotopic (exact) mass is 402 g/mol. The van der Waals surface area contributed by atoms with E-state index in [1.807, 2.05) is 12.1 Å². The molecule has 5 nitrogen and oxygen atoms in total. The average molecular weight is 402 g/mol. The lowest BCUT2D eigenvalue weighted by Crippen LogP contribution is -2.67. The van der Waals surface area contributed by atoms with Crippen molar-refractivity contribution in [3.8, 4) is 0 Å². The van der Waals surface area contributed by atoms with Crippen LogP contribution < -0.4 is 5.32 Å². The molecule has 6 rings (SSSR count). The third-order valence-corrected chi connectivity index (χ3v) is 6.59. The summed E-state index contributed by atoms with van der Waals surface area (Å²) in [6.07, 6.45) is 1.93. The van der Waals surface area contributed by atoms with Gasteiger partial charge < -0.3 is 15.3 Å². The summed E-state index contributed by atoms with van der Waals surface area (Å²) >= 11 is 0. The highest BCUT2D eigenvalue weighted by Gasteiger charge is 2.72. The molecule has 8 heteroatoms. The molecule has 1 heterocycles. The highest BCUT2D eigenvalue weighted by Crippen LogP contribution is 2.73. The standard InChI is InChI=1S/C21H17F3N2O3/c22-15-5-11-6-26(7-14(11)16(23)17(15)24)19(29)25-13-3-1-12(2-4-13)20-8-21(9-20,10-20)18(27)28/h1-5H,6-10H2,(H,25,29)(H,27,28). The second-order valence-electron chi connectivity index (χ2n) is 8.38. The molecule has 0 saturated heterocycles. The third kappa shape index (κ3) is 2.47. The van der Waals surface area contributed by atoms with E-state index in [0.717, 1.165) is 11.6 Å². The first-order valence-corrected chi connectivity index (χ1v) is 9.28. The number of hydrogen-bond acceptors (Lipinski definition) is 2. The highest BCUT2D eigenvalue weighted by atomic mass is 19.2. The van der Waals surface area contributed by atoms with Gasteiger partial charge in [-0.2, -0.15) is 0 Å². The van der Waals surface area contributed by atoms with Crippen molar-refractivity contribution in [1.82, 2.24) is 4.90 Å². The lowest BCUT2D eigenvalue weighted by molar-refractivity contribution is -0.194. The van der Waals surface area contributed by atoms with Gasteiger partial charge in [-0.05, 0) is 54.0 Å². The summed E-state index contributed by atoms with van der Waals surface area (Å²) < 4.78 is 40.7. The summed E-state index contributed by atoms with van der Waals surface area (Å²) in [7, 11) is 0. The Morgan fingerprint density at radius 1 is 1.00 bits per heavy atom. The predicted molar refractivity (Wildman–Crippen MR) is 96.6 cm³/mol. The first-order chi connectivity index (χ1) is 13.7. The SMILES string of the molecule is O=C(Nc1ccc(C23CC(C(=O)O)(C2)C3)cc1)N1Cc2cc(F)c(F)c(F)c2C1. The average Bonchev–Trinajstić information content (AvgIpc) is 3.03. The molecule has 2 bridgehead atoms. The Bertz CT molecular complexity index is 1050. The Balaban J connectivity index is 1.24. The minimum Gasteiger partial charge on any atom is -0.481 e. The zero-order valence-corrected chi connectivity index (χ0v) is 15.3. The second-order valence-corrected chi connectivity index (χ2v) is 8.38. The van der Waals surface area contributed by atoms with E-state index in [9.17, 15) is 27.9 Å². The van der Waals surface area contributed by atoms with Gasteiger partial charge in [0.25, 0.3) is 0 Å². The van der Waals surface area contributed by atoms with Gasteiger partial charge in [-0.25, -0.2) is 18.0 Å². The summed E-state index contributed by atoms with van der Waals surface area (Å²) in [6.45, 7) is -0.142. The van der Waals surface area contributed by atoms with Gasteiger partial charge in [-0.1, -0.05) is 12.1 Å². The molecule has 29 heavy (non-hydrogen) atoms. The van der Waals surface area contributed by atoms with E-state index in [4.69, 9.17) is 0 Å². The molecule has 0 unspecified atom stereocenters. The fourth-order valence-electron chi connectivity index (χ4n) is 5.02. The fraction of sp³-hybridized carbons (Fsp3) is 0.333. The smallest absolute Gasteiger partial charge is 0.322 e. The molecular formula is C21H17F3N2O3. The first kappa shape index (κ1) is 18.0. The fourth-order valence-corrected chi connectivity index (χ4v) is 5.02. The molecule has 2 N–H and O–H groups in total. The summed E-state index contributed by atoms with van der Waals surface area (Å²) in [5.41, 5.74) is 1.22. The molecule has 2 aromatic rings. The van der Waals surface area contributed by atoms with Crippen molar-refractivity contribution in [2.45, 2.75) is 37.8 Å². The van der Waals surface area contributed by atoms with Crippen molar-refractivity contribution in [3.05, 3.63) is 64.5 Å². The number of benzene rings is 2. The molecule has 0 spiro atoms. The molecule has 2 aromatic carbocycles. The van der Waals surface area contributed by atoms with Gasteiger partial charge in [0.2, 0.25) is 0 Å². The Kier molecular flexibility index (Phi) is 3.57. The van der Waals surface area contributed by atoms with Crippen molar-refractivity contribution in [2.75, 3.05) is 5.32 Å². The van der Waals surface area contributed by atoms with Crippen molar-refractivity contribution >= 4 is 17.7 Å². The van der Waals surface area contributed by atoms with E-state index in [-0.39, 0.29) is 29.6 Å². The zero-order chi connectivity index (χ0) is 20.6. The second kappa shape index (κ2) is 5.75. The summed E-state index contributed by atoms with van der Waals surface area (Å²) in [4.78, 5) is 25.0. The van der Waals surface area contributed by atoms with Gasteiger partial charge in [0.05, 0.1) is 12.0 Å². The molecule has 0 atom stereocenters. The number of carbonyl (C=O) groups is 2. The van der Waals surface area contributed by atoms with E-state index < -0.39 is 34.9 Å². The van der Waals surface area contributed by atoms with Crippen molar-refractivity contribution < 1.29 is 27.9 Å². The Hall–Kier alpha value is -3.03. The van der Waals surface area contributed by atoms with E-state index in [1.54, 1.807) is 12.1 Å². The molecule has 1 aliphatic heterocycles. The number of carbonyl (C=O) groups excluding carboxylic acids is 1. The highest BCUT2D eigenvalue weighted by molar-refractivity contribution is 5.89. The van der Waals surface area contributed by atoms with Crippen LogP contribution in [0, 0.1) is 22.9 Å². The molecule has 0 radical (unpaired) electrons. The quantitative estimate of drug-likeness (QED) is 0.758. The number of halogens is 3. The van der Waals surface area contributed by atoms with Crippen LogP contribution in [0.25, 0.3) is 0 Å². The van der Waals surface area contributed by atoms with Gasteiger partial charge >= 0.3 is 12.0 Å². The maximum absolute atomic E-state index is 13.9. The molecular weight excluding hydrogens is 385 g/mol. The number of carboxylic acid groups (broad SMARTS) is 1. The maximum atomic E-state index is 13.9. The Labute approximate surface area is 164 Å². The Morgan fingerprint density at radius 3 is 2.28 bits per heavy atom. The van der Waals surface area contributed by atoms with Gasteiger partial charge in [0, 0.05) is 17.8 Å². The van der Waals surface area contributed by atoms with Crippen LogP contribution in [0.4, 0.5) is 23.7 Å². The van der Waals surface area contributed by atoms with Crippen molar-refractivity contribution in [1.29, 1.82) is 0 Å². The van der Waals surface area contributed by atoms with Crippen LogP contribution in [0.3, 0.4) is 0 Å². The van der Waals surface area contributed by atoms with Crippen molar-refractivity contribution in [3.63, 3.8) is 0 Å². The summed E-state index contributed by atoms with van der Waals surface area (Å²) in [6, 6.07) is 7.66. The zero-order valence-electron chi connectivity index (χ0n) is 15.3. The number of amides is 2. The number of hydrogen-bond donors (Lipinski definition) is 2. The van der Waals surface area contributed by atoms with Crippen LogP contribution in [0.1, 0.15) is 36.0 Å². The first-order valence-electron chi connectivity index (χ1n) is 9.28. The molecule has 3 saturated carbocycles. The van der Waals surface area contributed by atoms with Crippen LogP contribution in [0.5, 0.6) is 0 Å². The molecule has 3 aliphatic carbocycles. The number of nitrogens with one attached hydrogen (secondary N) is 1. The predicted octanol–water partition coefficient (Wildman–Crippen LogP) is 4.16. The van der Waals surface area contributed by atoms with Gasteiger partial charge in [-0.15, -0.1) is 0 Å². The number of fused-ring (bicyclic) bond motifs is 1. The molecule has 3 fully saturated rings. The van der Waals surface area contributed by atoms with Crippen LogP contribution >= 0.6 is 0 Å². The van der Waals surface area contributed by atoms with Crippen LogP contribution in [0.2, 0.25) is 0 Å². The summed E-state index contributed by atoms with van der Waals surface area (Å²) in [5, 5.41) is 11.9. The maximum Gasteiger partial charge on any atom is 0.322 e. The van der Waals surface area contributed by atoms with Gasteiger partial charge in [0.15, 0.2) is 17.5 Å². The number of rotatable bonds is 3. The minimum atomic E-state index is -1.53. The van der Waals surface area contributed by atoms with Gasteiger partial charge in [-0.3, -0.25) is 4.79 Å². The normalized spacial score (nSPS) is 26.4. The Morgan fingerprint density at radius 2 is 1.66 bits per heavy atom. The topological polar surface area (TPSA) is 69.6 Å². The van der Waals surface area contributed by atoms with Crippen LogP contribution in [-0.2, 0) is 23.3 Å². The van der Waals surface area contributed by atoms with Crippen molar-refractivity contribution in [2.24, 2.45) is 5.41 Å². The van der Waals surface area contributed by atoms with E-state index in [2.05, 4.69) is 5.32 Å². The minimum absolute atomic E-state index is 0.00620. The number of nitrogens with zero attached hydrogens (tertiary/aromatic N) is 1. The number of urea groups is 1.